The van der Waals surface area contributed by atoms with E-state index in [4.69, 9.17) is 0 Å². The largest absolute Gasteiger partial charge is 0.0775 e. The molecule has 0 nitrogen and oxygen atoms in total. The summed E-state index contributed by atoms with van der Waals surface area (Å²) in [5.41, 5.74) is 1.06. The van der Waals surface area contributed by atoms with Gasteiger partial charge in [0.25, 0.3) is 0 Å². The molecule has 1 aliphatic rings. The number of hydrogen-bond acceptors (Lipinski definition) is 0. The Morgan fingerprint density at radius 3 is 2.06 bits per heavy atom. The molecular weight excluding hydrogens is 211 g/mol. The topological polar surface area (TPSA) is 0 Å². The molecule has 0 bridgehead atoms. The van der Waals surface area contributed by atoms with E-state index >= 15 is 0 Å². The summed E-state index contributed by atoms with van der Waals surface area (Å²) in [5.74, 6) is 0. The summed E-state index contributed by atoms with van der Waals surface area (Å²) in [4.78, 5) is 0. The zero-order chi connectivity index (χ0) is 11.5. The van der Waals surface area contributed by atoms with E-state index in [0.29, 0.717) is 0 Å². The van der Waals surface area contributed by atoms with E-state index in [0.717, 1.165) is 5.66 Å². The fraction of sp³-hybridized carbons (Fsp3) is 1.00. The SMILES string of the molecule is CCCCCC[P]C1CCCCCCCC1. The summed E-state index contributed by atoms with van der Waals surface area (Å²) in [5, 5.41) is 0. The van der Waals surface area contributed by atoms with Gasteiger partial charge in [0.05, 0.1) is 0 Å². The molecule has 1 radical (unpaired) electrons. The van der Waals surface area contributed by atoms with Gasteiger partial charge in [-0.15, -0.1) is 0 Å². The van der Waals surface area contributed by atoms with Gasteiger partial charge in [0.2, 0.25) is 0 Å². The van der Waals surface area contributed by atoms with Crippen LogP contribution in [0.2, 0.25) is 0 Å². The van der Waals surface area contributed by atoms with Crippen molar-refractivity contribution in [3.05, 3.63) is 0 Å². The van der Waals surface area contributed by atoms with Crippen molar-refractivity contribution in [2.75, 3.05) is 6.16 Å². The molecule has 0 aromatic rings. The maximum atomic E-state index is 2.30. The zero-order valence-corrected chi connectivity index (χ0v) is 12.1. The normalized spacial score (nSPS) is 20.8. The number of unbranched alkanes of at least 4 members (excludes halogenated alkanes) is 3. The molecule has 0 heterocycles. The molecular formula is C15H30P. The van der Waals surface area contributed by atoms with Crippen molar-refractivity contribution < 1.29 is 0 Å². The monoisotopic (exact) mass is 241 g/mol. The van der Waals surface area contributed by atoms with Crippen LogP contribution in [0.25, 0.3) is 0 Å². The van der Waals surface area contributed by atoms with Crippen molar-refractivity contribution in [1.82, 2.24) is 0 Å². The van der Waals surface area contributed by atoms with Crippen LogP contribution in [0.15, 0.2) is 0 Å². The zero-order valence-electron chi connectivity index (χ0n) is 11.2. The van der Waals surface area contributed by atoms with Crippen molar-refractivity contribution >= 4 is 8.58 Å². The molecule has 0 aliphatic heterocycles. The molecule has 1 heteroatoms. The highest BCUT2D eigenvalue weighted by Crippen LogP contribution is 2.31. The molecule has 0 unspecified atom stereocenters. The van der Waals surface area contributed by atoms with E-state index in [-0.39, 0.29) is 0 Å². The second-order valence-corrected chi connectivity index (χ2v) is 6.86. The van der Waals surface area contributed by atoms with E-state index in [2.05, 4.69) is 6.92 Å². The van der Waals surface area contributed by atoms with Gasteiger partial charge in [0.15, 0.2) is 0 Å². The lowest BCUT2D eigenvalue weighted by Crippen LogP contribution is -2.01. The molecule has 0 aromatic heterocycles. The van der Waals surface area contributed by atoms with Crippen LogP contribution in [-0.4, -0.2) is 11.8 Å². The highest BCUT2D eigenvalue weighted by atomic mass is 31.1. The molecule has 0 amide bonds. The van der Waals surface area contributed by atoms with E-state index in [1.807, 2.05) is 0 Å². The van der Waals surface area contributed by atoms with Gasteiger partial charge in [-0.05, 0) is 31.1 Å². The van der Waals surface area contributed by atoms with Crippen LogP contribution < -0.4 is 0 Å². The Kier molecular flexibility index (Phi) is 9.58. The molecule has 1 rings (SSSR count). The Morgan fingerprint density at radius 2 is 1.44 bits per heavy atom. The molecule has 0 atom stereocenters. The maximum absolute atomic E-state index is 2.30. The summed E-state index contributed by atoms with van der Waals surface area (Å²) in [6.07, 6.45) is 19.3. The van der Waals surface area contributed by atoms with Crippen molar-refractivity contribution in [3.63, 3.8) is 0 Å². The van der Waals surface area contributed by atoms with Gasteiger partial charge >= 0.3 is 0 Å². The van der Waals surface area contributed by atoms with Crippen LogP contribution in [0.1, 0.15) is 84.0 Å². The summed E-state index contributed by atoms with van der Waals surface area (Å²) in [6.45, 7) is 2.30. The second kappa shape index (κ2) is 10.6. The van der Waals surface area contributed by atoms with Gasteiger partial charge in [0, 0.05) is 0 Å². The third-order valence-corrected chi connectivity index (χ3v) is 5.33. The van der Waals surface area contributed by atoms with Crippen molar-refractivity contribution in [2.24, 2.45) is 0 Å². The standard InChI is InChI=1S/C15H30P/c1-2-3-4-11-14-16-15-12-9-7-5-6-8-10-13-15/h15H,2-14H2,1H3. The smallest absolute Gasteiger partial charge is 0.0170 e. The lowest BCUT2D eigenvalue weighted by atomic mass is 10.1. The average molecular weight is 241 g/mol. The van der Waals surface area contributed by atoms with Gasteiger partial charge in [-0.1, -0.05) is 73.3 Å². The summed E-state index contributed by atoms with van der Waals surface area (Å²) >= 11 is 0. The van der Waals surface area contributed by atoms with Crippen LogP contribution in [0.4, 0.5) is 0 Å². The summed E-state index contributed by atoms with van der Waals surface area (Å²) in [6, 6.07) is 0. The molecule has 1 saturated carbocycles. The molecule has 95 valence electrons. The predicted octanol–water partition coefficient (Wildman–Crippen LogP) is 6.02. The second-order valence-electron chi connectivity index (χ2n) is 5.32. The Balaban J connectivity index is 2.03. The minimum Gasteiger partial charge on any atom is -0.0775 e. The first-order valence-electron chi connectivity index (χ1n) is 7.60. The van der Waals surface area contributed by atoms with E-state index in [9.17, 15) is 0 Å². The van der Waals surface area contributed by atoms with Crippen LogP contribution in [0.3, 0.4) is 0 Å². The molecule has 0 aromatic carbocycles. The number of hydrogen-bond donors (Lipinski definition) is 0. The molecule has 0 saturated heterocycles. The Hall–Kier alpha value is 0.430. The first kappa shape index (κ1) is 14.5. The highest BCUT2D eigenvalue weighted by Gasteiger charge is 2.10. The van der Waals surface area contributed by atoms with Crippen LogP contribution in [-0.2, 0) is 0 Å². The average Bonchev–Trinajstić information content (AvgIpc) is 2.42. The molecule has 1 aliphatic carbocycles. The first-order chi connectivity index (χ1) is 7.93. The molecule has 0 N–H and O–H groups in total. The van der Waals surface area contributed by atoms with Crippen LogP contribution in [0.5, 0.6) is 0 Å². The minimum atomic E-state index is 1.06. The Bertz CT molecular complexity index is 134. The summed E-state index contributed by atoms with van der Waals surface area (Å²) < 4.78 is 0. The maximum Gasteiger partial charge on any atom is -0.0170 e. The van der Waals surface area contributed by atoms with Crippen molar-refractivity contribution in [3.8, 4) is 0 Å². The van der Waals surface area contributed by atoms with Gasteiger partial charge in [-0.3, -0.25) is 0 Å². The van der Waals surface area contributed by atoms with Gasteiger partial charge < -0.3 is 0 Å². The Labute approximate surface area is 105 Å². The molecule has 1 fully saturated rings. The molecule has 0 spiro atoms. The lowest BCUT2D eigenvalue weighted by Gasteiger charge is -2.14. The van der Waals surface area contributed by atoms with E-state index in [1.54, 1.807) is 8.58 Å². The van der Waals surface area contributed by atoms with E-state index < -0.39 is 0 Å². The molecule has 16 heavy (non-hydrogen) atoms. The van der Waals surface area contributed by atoms with Gasteiger partial charge in [-0.25, -0.2) is 0 Å². The third kappa shape index (κ3) is 7.66. The van der Waals surface area contributed by atoms with Crippen LogP contribution in [0, 0.1) is 0 Å². The van der Waals surface area contributed by atoms with Gasteiger partial charge in [-0.2, -0.15) is 0 Å². The quantitative estimate of drug-likeness (QED) is 0.394. The summed E-state index contributed by atoms with van der Waals surface area (Å²) in [7, 11) is 1.78. The number of rotatable bonds is 6. The lowest BCUT2D eigenvalue weighted by molar-refractivity contribution is 0.624. The highest BCUT2D eigenvalue weighted by molar-refractivity contribution is 7.38. The third-order valence-electron chi connectivity index (χ3n) is 3.72. The van der Waals surface area contributed by atoms with Crippen molar-refractivity contribution in [1.29, 1.82) is 0 Å². The fourth-order valence-electron chi connectivity index (χ4n) is 2.61. The first-order valence-corrected chi connectivity index (χ1v) is 8.75. The van der Waals surface area contributed by atoms with E-state index in [1.165, 1.54) is 83.2 Å². The van der Waals surface area contributed by atoms with Crippen LogP contribution >= 0.6 is 8.58 Å². The predicted molar refractivity (Wildman–Crippen MR) is 76.7 cm³/mol. The van der Waals surface area contributed by atoms with Gasteiger partial charge in [0.1, 0.15) is 0 Å². The fourth-order valence-corrected chi connectivity index (χ4v) is 4.11. The Morgan fingerprint density at radius 1 is 0.812 bits per heavy atom. The minimum absolute atomic E-state index is 1.06. The van der Waals surface area contributed by atoms with Crippen molar-refractivity contribution in [2.45, 2.75) is 89.6 Å².